The number of nitrogens with two attached hydrogens (primary N) is 1. The fourth-order valence-electron chi connectivity index (χ4n) is 3.47. The van der Waals surface area contributed by atoms with E-state index < -0.39 is 12.0 Å². The van der Waals surface area contributed by atoms with Crippen molar-refractivity contribution >= 4 is 28.4 Å². The molecule has 1 atom stereocenters. The lowest BCUT2D eigenvalue weighted by atomic mass is 10.1. The first-order valence-corrected chi connectivity index (χ1v) is 9.88. The van der Waals surface area contributed by atoms with Crippen molar-refractivity contribution in [2.45, 2.75) is 12.6 Å². The number of Topliss-reactive ketones (excluding diaryl/α,β-unsaturated/α-hetero) is 1. The lowest BCUT2D eigenvalue weighted by molar-refractivity contribution is 0.0977. The zero-order valence-corrected chi connectivity index (χ0v) is 16.7. The van der Waals surface area contributed by atoms with E-state index in [0.29, 0.717) is 22.3 Å². The molecule has 0 aliphatic carbocycles. The first-order chi connectivity index (χ1) is 15.0. The van der Waals surface area contributed by atoms with E-state index in [1.165, 1.54) is 0 Å². The largest absolute Gasteiger partial charge is 0.387 e. The molecular formula is C24H22N4O3. The molecule has 156 valence electrons. The van der Waals surface area contributed by atoms with Gasteiger partial charge >= 0.3 is 0 Å². The molecule has 0 unspecified atom stereocenters. The number of fused-ring (bicyclic) bond motifs is 1. The standard InChI is InChI=1S/C24H22N4O3/c25-23(31)24-27-19-13-18(26-14-21(29)16-7-3-1-4-8-16)11-12-20(19)28(24)15-22(30)17-9-5-2-6-10-17/h1-13,22,26,30H,14-15H2,(H2,25,31)/t22-/m0/s1. The van der Waals surface area contributed by atoms with Crippen LogP contribution in [0.3, 0.4) is 0 Å². The van der Waals surface area contributed by atoms with Crippen LogP contribution >= 0.6 is 0 Å². The highest BCUT2D eigenvalue weighted by Gasteiger charge is 2.19. The molecule has 1 amide bonds. The number of amides is 1. The molecule has 0 spiro atoms. The van der Waals surface area contributed by atoms with Gasteiger partial charge in [0.05, 0.1) is 30.2 Å². The number of hydrogen-bond donors (Lipinski definition) is 3. The van der Waals surface area contributed by atoms with Gasteiger partial charge in [0.25, 0.3) is 5.91 Å². The van der Waals surface area contributed by atoms with Crippen molar-refractivity contribution in [3.63, 3.8) is 0 Å². The summed E-state index contributed by atoms with van der Waals surface area (Å²) >= 11 is 0. The highest BCUT2D eigenvalue weighted by Crippen LogP contribution is 2.24. The average Bonchev–Trinajstić information content (AvgIpc) is 3.16. The molecule has 7 heteroatoms. The van der Waals surface area contributed by atoms with Crippen LogP contribution in [0.5, 0.6) is 0 Å². The van der Waals surface area contributed by atoms with Crippen LogP contribution in [0.15, 0.2) is 78.9 Å². The summed E-state index contributed by atoms with van der Waals surface area (Å²) in [6.07, 6.45) is -0.821. The van der Waals surface area contributed by atoms with E-state index in [1.807, 2.05) is 48.5 Å². The Bertz CT molecular complexity index is 1220. The quantitative estimate of drug-likeness (QED) is 0.384. The van der Waals surface area contributed by atoms with Gasteiger partial charge in [0.15, 0.2) is 11.6 Å². The lowest BCUT2D eigenvalue weighted by Gasteiger charge is -2.14. The Balaban J connectivity index is 1.57. The molecule has 0 radical (unpaired) electrons. The minimum absolute atomic E-state index is 0.0324. The fourth-order valence-corrected chi connectivity index (χ4v) is 3.47. The summed E-state index contributed by atoms with van der Waals surface area (Å²) in [4.78, 5) is 28.6. The molecule has 0 fully saturated rings. The van der Waals surface area contributed by atoms with E-state index in [9.17, 15) is 14.7 Å². The third-order valence-corrected chi connectivity index (χ3v) is 5.06. The predicted octanol–water partition coefficient (Wildman–Crippen LogP) is 3.16. The van der Waals surface area contributed by atoms with Gasteiger partial charge in [-0.15, -0.1) is 0 Å². The number of benzene rings is 3. The number of nitrogens with zero attached hydrogens (tertiary/aromatic N) is 2. The number of nitrogens with one attached hydrogen (secondary N) is 1. The molecule has 0 bridgehead atoms. The third kappa shape index (κ3) is 4.46. The van der Waals surface area contributed by atoms with Gasteiger partial charge in [-0.25, -0.2) is 4.98 Å². The Morgan fingerprint density at radius 1 is 1.00 bits per heavy atom. The van der Waals surface area contributed by atoms with Crippen LogP contribution in [0.1, 0.15) is 32.6 Å². The van der Waals surface area contributed by atoms with Crippen LogP contribution in [0, 0.1) is 0 Å². The van der Waals surface area contributed by atoms with Crippen LogP contribution in [0.4, 0.5) is 5.69 Å². The van der Waals surface area contributed by atoms with E-state index in [-0.39, 0.29) is 24.7 Å². The van der Waals surface area contributed by atoms with Gasteiger partial charge in [-0.2, -0.15) is 0 Å². The average molecular weight is 414 g/mol. The number of anilines is 1. The summed E-state index contributed by atoms with van der Waals surface area (Å²) in [7, 11) is 0. The molecule has 0 saturated carbocycles. The fraction of sp³-hybridized carbons (Fsp3) is 0.125. The lowest BCUT2D eigenvalue weighted by Crippen LogP contribution is -2.20. The van der Waals surface area contributed by atoms with Crippen LogP contribution < -0.4 is 11.1 Å². The second-order valence-electron chi connectivity index (χ2n) is 7.18. The smallest absolute Gasteiger partial charge is 0.284 e. The van der Waals surface area contributed by atoms with Crippen molar-refractivity contribution in [1.82, 2.24) is 9.55 Å². The van der Waals surface area contributed by atoms with Crippen molar-refractivity contribution in [3.8, 4) is 0 Å². The number of primary amides is 1. The normalized spacial score (nSPS) is 11.9. The van der Waals surface area contributed by atoms with Gasteiger partial charge in [-0.1, -0.05) is 60.7 Å². The monoisotopic (exact) mass is 414 g/mol. The second kappa shape index (κ2) is 8.81. The van der Waals surface area contributed by atoms with Gasteiger partial charge in [0, 0.05) is 11.3 Å². The number of aromatic nitrogens is 2. The molecule has 31 heavy (non-hydrogen) atoms. The van der Waals surface area contributed by atoms with Gasteiger partial charge in [-0.05, 0) is 23.8 Å². The molecular weight excluding hydrogens is 392 g/mol. The zero-order chi connectivity index (χ0) is 21.8. The first kappa shape index (κ1) is 20.3. The number of aliphatic hydroxyl groups is 1. The number of ketones is 1. The van der Waals surface area contributed by atoms with E-state index >= 15 is 0 Å². The maximum absolute atomic E-state index is 12.3. The Hall–Kier alpha value is -3.97. The van der Waals surface area contributed by atoms with Crippen molar-refractivity contribution in [3.05, 3.63) is 95.8 Å². The number of carbonyl (C=O) groups excluding carboxylic acids is 2. The maximum atomic E-state index is 12.3. The SMILES string of the molecule is NC(=O)c1nc2cc(NCC(=O)c3ccccc3)ccc2n1C[C@H](O)c1ccccc1. The second-order valence-corrected chi connectivity index (χ2v) is 7.18. The zero-order valence-electron chi connectivity index (χ0n) is 16.7. The van der Waals surface area contributed by atoms with Crippen molar-refractivity contribution in [1.29, 1.82) is 0 Å². The number of aliphatic hydroxyl groups excluding tert-OH is 1. The summed E-state index contributed by atoms with van der Waals surface area (Å²) in [6, 6.07) is 23.6. The summed E-state index contributed by atoms with van der Waals surface area (Å²) < 4.78 is 1.62. The van der Waals surface area contributed by atoms with E-state index in [0.717, 1.165) is 5.56 Å². The molecule has 4 aromatic rings. The van der Waals surface area contributed by atoms with Gasteiger partial charge in [-0.3, -0.25) is 9.59 Å². The van der Waals surface area contributed by atoms with E-state index in [4.69, 9.17) is 5.73 Å². The highest BCUT2D eigenvalue weighted by molar-refractivity contribution is 5.99. The third-order valence-electron chi connectivity index (χ3n) is 5.06. The molecule has 1 heterocycles. The Labute approximate surface area is 179 Å². The molecule has 0 aliphatic rings. The Morgan fingerprint density at radius 2 is 1.68 bits per heavy atom. The molecule has 4 rings (SSSR count). The summed E-state index contributed by atoms with van der Waals surface area (Å²) in [5.41, 5.74) is 8.81. The Morgan fingerprint density at radius 3 is 2.35 bits per heavy atom. The minimum Gasteiger partial charge on any atom is -0.387 e. The Kier molecular flexibility index (Phi) is 5.77. The van der Waals surface area contributed by atoms with Crippen molar-refractivity contribution in [2.75, 3.05) is 11.9 Å². The summed E-state index contributed by atoms with van der Waals surface area (Å²) in [6.45, 7) is 0.268. The van der Waals surface area contributed by atoms with E-state index in [2.05, 4.69) is 10.3 Å². The molecule has 0 aliphatic heterocycles. The van der Waals surface area contributed by atoms with Crippen LogP contribution in [0.25, 0.3) is 11.0 Å². The minimum atomic E-state index is -0.821. The number of imidazole rings is 1. The molecule has 7 nitrogen and oxygen atoms in total. The van der Waals surface area contributed by atoms with E-state index in [1.54, 1.807) is 34.9 Å². The van der Waals surface area contributed by atoms with Gasteiger partial charge in [0.1, 0.15) is 0 Å². The van der Waals surface area contributed by atoms with Crippen molar-refractivity contribution in [2.24, 2.45) is 5.73 Å². The van der Waals surface area contributed by atoms with Gasteiger partial charge in [0.2, 0.25) is 0 Å². The molecule has 3 aromatic carbocycles. The first-order valence-electron chi connectivity index (χ1n) is 9.88. The van der Waals surface area contributed by atoms with Crippen LogP contribution in [-0.2, 0) is 6.54 Å². The summed E-state index contributed by atoms with van der Waals surface area (Å²) in [5, 5.41) is 13.7. The summed E-state index contributed by atoms with van der Waals surface area (Å²) in [5.74, 6) is -0.636. The molecule has 4 N–H and O–H groups in total. The number of carbonyl (C=O) groups is 2. The number of hydrogen-bond acceptors (Lipinski definition) is 5. The maximum Gasteiger partial charge on any atom is 0.284 e. The topological polar surface area (TPSA) is 110 Å². The predicted molar refractivity (Wildman–Crippen MR) is 119 cm³/mol. The van der Waals surface area contributed by atoms with Gasteiger partial charge < -0.3 is 20.7 Å². The van der Waals surface area contributed by atoms with Crippen LogP contribution in [0.2, 0.25) is 0 Å². The molecule has 0 saturated heterocycles. The highest BCUT2D eigenvalue weighted by atomic mass is 16.3. The van der Waals surface area contributed by atoms with Crippen molar-refractivity contribution < 1.29 is 14.7 Å². The van der Waals surface area contributed by atoms with Crippen LogP contribution in [-0.4, -0.2) is 32.9 Å². The number of rotatable bonds is 8. The molecule has 1 aromatic heterocycles.